The summed E-state index contributed by atoms with van der Waals surface area (Å²) >= 11 is 1.82. The molecular formula is C44H33FIrN2OSSi-2. The summed E-state index contributed by atoms with van der Waals surface area (Å²) in [6, 6.07) is 47.0. The Hall–Kier alpha value is -4.78. The number of halogens is 1. The van der Waals surface area contributed by atoms with Crippen molar-refractivity contribution in [2.45, 2.75) is 26.1 Å². The molecule has 0 amide bonds. The fourth-order valence-electron chi connectivity index (χ4n) is 6.27. The molecule has 0 aliphatic heterocycles. The molecule has 1 radical (unpaired) electrons. The van der Waals surface area contributed by atoms with E-state index in [0.717, 1.165) is 39.7 Å². The third kappa shape index (κ3) is 7.21. The Morgan fingerprint density at radius 3 is 2.33 bits per heavy atom. The molecular weight excluding hydrogens is 844 g/mol. The Labute approximate surface area is 315 Å². The molecule has 4 aromatic heterocycles. The number of fused-ring (bicyclic) bond motifs is 6. The number of nitrogens with zero attached hydrogens (tertiary/aromatic N) is 2. The molecule has 9 rings (SSSR count). The predicted octanol–water partition coefficient (Wildman–Crippen LogP) is 11.6. The van der Waals surface area contributed by atoms with Crippen molar-refractivity contribution in [2.75, 3.05) is 0 Å². The second-order valence-electron chi connectivity index (χ2n) is 13.5. The van der Waals surface area contributed by atoms with Gasteiger partial charge in [-0.25, -0.2) is 4.39 Å². The Morgan fingerprint density at radius 2 is 1.53 bits per heavy atom. The number of hydrogen-bond acceptors (Lipinski definition) is 4. The predicted molar refractivity (Wildman–Crippen MR) is 209 cm³/mol. The molecule has 4 heterocycles. The third-order valence-electron chi connectivity index (χ3n) is 8.94. The van der Waals surface area contributed by atoms with Gasteiger partial charge in [0.2, 0.25) is 0 Å². The van der Waals surface area contributed by atoms with Gasteiger partial charge < -0.3 is 14.4 Å². The summed E-state index contributed by atoms with van der Waals surface area (Å²) in [4.78, 5) is 9.22. The zero-order valence-corrected chi connectivity index (χ0v) is 32.5. The average molecular weight is 877 g/mol. The van der Waals surface area contributed by atoms with E-state index < -0.39 is 8.07 Å². The van der Waals surface area contributed by atoms with Crippen molar-refractivity contribution in [2.24, 2.45) is 0 Å². The number of benzene rings is 5. The monoisotopic (exact) mass is 877 g/mol. The van der Waals surface area contributed by atoms with Crippen molar-refractivity contribution in [1.82, 2.24) is 9.97 Å². The fraction of sp³-hybridized carbons (Fsp3) is 0.0909. The molecule has 3 nitrogen and oxygen atoms in total. The van der Waals surface area contributed by atoms with Gasteiger partial charge in [-0.05, 0) is 68.5 Å². The summed E-state index contributed by atoms with van der Waals surface area (Å²) in [5.74, 6) is -0.301. The van der Waals surface area contributed by atoms with Crippen molar-refractivity contribution in [3.8, 4) is 22.5 Å². The van der Waals surface area contributed by atoms with Gasteiger partial charge in [0.25, 0.3) is 0 Å². The first-order valence-electron chi connectivity index (χ1n) is 16.6. The summed E-state index contributed by atoms with van der Waals surface area (Å²) in [6.07, 6.45) is 4.77. The van der Waals surface area contributed by atoms with Crippen molar-refractivity contribution in [1.29, 1.82) is 0 Å². The Bertz CT molecular complexity index is 2630. The van der Waals surface area contributed by atoms with Crippen LogP contribution < -0.4 is 5.19 Å². The standard InChI is InChI=1S/C24H16NS.C20H17FNOSi.Ir/c1-2-6-17(7-3-1)14-18-12-13-25-22(15-18)19-10-11-24-21(16-19)20-8-4-5-9-23(20)26-24;1-24(2,3)14-8-10-18(22-12-14)17-6-4-5-16-15-9-7-13(21)11-19(15)23-20(16)17;/h1-9,11-13,15-16H,14H2;4-5,7-12H,1-3H3;/q2*-1;. The molecule has 9 aromatic rings. The second-order valence-corrected chi connectivity index (χ2v) is 19.6. The van der Waals surface area contributed by atoms with Crippen molar-refractivity contribution in [3.63, 3.8) is 0 Å². The number of pyridine rings is 2. The molecule has 0 unspecified atom stereocenters. The Balaban J connectivity index is 0.000000157. The minimum Gasteiger partial charge on any atom is -0.500 e. The normalized spacial score (nSPS) is 11.5. The molecule has 0 spiro atoms. The van der Waals surface area contributed by atoms with Gasteiger partial charge in [0.05, 0.1) is 13.7 Å². The molecule has 0 saturated carbocycles. The van der Waals surface area contributed by atoms with Gasteiger partial charge in [0.15, 0.2) is 0 Å². The number of furan rings is 1. The van der Waals surface area contributed by atoms with Crippen LogP contribution in [0.15, 0.2) is 138 Å². The first-order chi connectivity index (χ1) is 24.3. The van der Waals surface area contributed by atoms with Gasteiger partial charge >= 0.3 is 0 Å². The molecule has 0 bridgehead atoms. The molecule has 253 valence electrons. The molecule has 7 heteroatoms. The van der Waals surface area contributed by atoms with Crippen LogP contribution in [0.25, 0.3) is 64.6 Å². The van der Waals surface area contributed by atoms with E-state index in [1.165, 1.54) is 48.6 Å². The average Bonchev–Trinajstić information content (AvgIpc) is 3.69. The van der Waals surface area contributed by atoms with E-state index in [0.29, 0.717) is 11.2 Å². The molecule has 0 saturated heterocycles. The fourth-order valence-corrected chi connectivity index (χ4v) is 8.38. The summed E-state index contributed by atoms with van der Waals surface area (Å²) in [7, 11) is -1.38. The number of rotatable bonds is 5. The van der Waals surface area contributed by atoms with E-state index >= 15 is 0 Å². The van der Waals surface area contributed by atoms with E-state index in [4.69, 9.17) is 4.42 Å². The quantitative estimate of drug-likeness (QED) is 0.128. The zero-order valence-electron chi connectivity index (χ0n) is 28.3. The molecule has 51 heavy (non-hydrogen) atoms. The minimum absolute atomic E-state index is 0. The van der Waals surface area contributed by atoms with E-state index in [1.807, 2.05) is 41.9 Å². The smallest absolute Gasteiger partial charge is 0.126 e. The summed E-state index contributed by atoms with van der Waals surface area (Å²) in [5, 5.41) is 5.76. The molecule has 0 fully saturated rings. The van der Waals surface area contributed by atoms with Crippen LogP contribution in [0.1, 0.15) is 11.1 Å². The second kappa shape index (κ2) is 14.4. The van der Waals surface area contributed by atoms with E-state index in [-0.39, 0.29) is 25.9 Å². The van der Waals surface area contributed by atoms with Gasteiger partial charge in [-0.1, -0.05) is 103 Å². The zero-order chi connectivity index (χ0) is 34.2. The summed E-state index contributed by atoms with van der Waals surface area (Å²) in [5.41, 5.74) is 7.49. The van der Waals surface area contributed by atoms with Gasteiger partial charge in [-0.3, -0.25) is 0 Å². The van der Waals surface area contributed by atoms with Gasteiger partial charge in [0, 0.05) is 48.7 Å². The van der Waals surface area contributed by atoms with Crippen LogP contribution >= 0.6 is 11.3 Å². The Kier molecular flexibility index (Phi) is 9.82. The maximum absolute atomic E-state index is 13.5. The van der Waals surface area contributed by atoms with Crippen LogP contribution in [-0.4, -0.2) is 18.0 Å². The number of hydrogen-bond donors (Lipinski definition) is 0. The van der Waals surface area contributed by atoms with Gasteiger partial charge in [-0.2, -0.15) is 11.3 Å². The molecule has 0 atom stereocenters. The van der Waals surface area contributed by atoms with Crippen LogP contribution in [0.2, 0.25) is 19.6 Å². The van der Waals surface area contributed by atoms with Gasteiger partial charge in [-0.15, -0.1) is 42.0 Å². The molecule has 0 aliphatic carbocycles. The maximum atomic E-state index is 13.5. The van der Waals surface area contributed by atoms with Gasteiger partial charge in [0.1, 0.15) is 11.4 Å². The number of thiophene rings is 1. The largest absolute Gasteiger partial charge is 0.500 e. The summed E-state index contributed by atoms with van der Waals surface area (Å²) < 4.78 is 22.0. The van der Waals surface area contributed by atoms with Crippen molar-refractivity contribution >= 4 is 66.7 Å². The van der Waals surface area contributed by atoms with Crippen LogP contribution in [0, 0.1) is 17.9 Å². The van der Waals surface area contributed by atoms with Crippen molar-refractivity contribution in [3.05, 3.63) is 163 Å². The van der Waals surface area contributed by atoms with Crippen LogP contribution in [0.5, 0.6) is 0 Å². The third-order valence-corrected chi connectivity index (χ3v) is 12.1. The number of aromatic nitrogens is 2. The van der Waals surface area contributed by atoms with Crippen LogP contribution in [0.3, 0.4) is 0 Å². The maximum Gasteiger partial charge on any atom is 0.126 e. The molecule has 0 N–H and O–H groups in total. The first kappa shape index (κ1) is 34.7. The van der Waals surface area contributed by atoms with E-state index in [9.17, 15) is 4.39 Å². The Morgan fingerprint density at radius 1 is 0.706 bits per heavy atom. The summed E-state index contributed by atoms with van der Waals surface area (Å²) in [6.45, 7) is 6.89. The SMILES string of the molecule is C[Si](C)(C)c1ccc(-c2[c-]ccc3c2oc2cc(F)ccc23)nc1.[Ir].[c-]1cc2sc3ccccc3c2cc1-c1cc(Cc2ccccc2)ccn1. The van der Waals surface area contributed by atoms with Crippen molar-refractivity contribution < 1.29 is 28.9 Å². The molecule has 5 aromatic carbocycles. The topological polar surface area (TPSA) is 38.9 Å². The first-order valence-corrected chi connectivity index (χ1v) is 20.9. The minimum atomic E-state index is -1.38. The van der Waals surface area contributed by atoms with E-state index in [2.05, 4.69) is 127 Å². The van der Waals surface area contributed by atoms with Crippen LogP contribution in [0.4, 0.5) is 4.39 Å². The van der Waals surface area contributed by atoms with Crippen LogP contribution in [-0.2, 0) is 26.5 Å². The van der Waals surface area contributed by atoms with E-state index in [1.54, 1.807) is 6.07 Å². The molecule has 0 aliphatic rings.